The molecule has 2 aromatic carbocycles. The molecule has 0 aliphatic heterocycles. The number of nitrogens with one attached hydrogen (secondary N) is 1. The van der Waals surface area contributed by atoms with Gasteiger partial charge in [-0.25, -0.2) is 0 Å². The lowest BCUT2D eigenvalue weighted by Gasteiger charge is -2.38. The van der Waals surface area contributed by atoms with Gasteiger partial charge in [0.25, 0.3) is 5.91 Å². The van der Waals surface area contributed by atoms with Gasteiger partial charge in [-0.05, 0) is 55.7 Å². The summed E-state index contributed by atoms with van der Waals surface area (Å²) in [5, 5.41) is 3.15. The van der Waals surface area contributed by atoms with Gasteiger partial charge in [0.05, 0.1) is 0 Å². The summed E-state index contributed by atoms with van der Waals surface area (Å²) in [6.45, 7) is 5.31. The van der Waals surface area contributed by atoms with Crippen molar-refractivity contribution < 1.29 is 9.59 Å². The predicted octanol–water partition coefficient (Wildman–Crippen LogP) is 5.55. The van der Waals surface area contributed by atoms with Crippen LogP contribution in [0.5, 0.6) is 0 Å². The maximum atomic E-state index is 13.9. The molecule has 0 heterocycles. The molecule has 1 saturated carbocycles. The van der Waals surface area contributed by atoms with Crippen LogP contribution in [-0.2, 0) is 11.2 Å². The number of carbonyl (C=O) groups is 2. The Kier molecular flexibility index (Phi) is 9.33. The van der Waals surface area contributed by atoms with E-state index in [1.54, 1.807) is 0 Å². The third-order valence-corrected chi connectivity index (χ3v) is 6.65. The molecule has 0 spiro atoms. The number of hydrogen-bond donors (Lipinski definition) is 1. The number of unbranched alkanes of at least 4 members (excludes halogenated alkanes) is 1. The van der Waals surface area contributed by atoms with Crippen LogP contribution >= 0.6 is 0 Å². The van der Waals surface area contributed by atoms with E-state index in [9.17, 15) is 9.59 Å². The van der Waals surface area contributed by atoms with Crippen LogP contribution in [0.15, 0.2) is 54.6 Å². The first-order valence-corrected chi connectivity index (χ1v) is 12.3. The van der Waals surface area contributed by atoms with Gasteiger partial charge < -0.3 is 10.2 Å². The summed E-state index contributed by atoms with van der Waals surface area (Å²) in [6, 6.07) is 17.6. The molecule has 1 aliphatic carbocycles. The molecule has 1 atom stereocenters. The molecule has 2 aromatic rings. The van der Waals surface area contributed by atoms with E-state index in [-0.39, 0.29) is 17.7 Å². The summed E-state index contributed by atoms with van der Waals surface area (Å²) in [4.78, 5) is 29.2. The fourth-order valence-electron chi connectivity index (χ4n) is 4.78. The van der Waals surface area contributed by atoms with E-state index in [4.69, 9.17) is 0 Å². The van der Waals surface area contributed by atoms with Crippen molar-refractivity contribution in [3.8, 4) is 0 Å². The van der Waals surface area contributed by atoms with Gasteiger partial charge in [0.2, 0.25) is 5.91 Å². The van der Waals surface area contributed by atoms with E-state index < -0.39 is 6.04 Å². The van der Waals surface area contributed by atoms with Gasteiger partial charge in [-0.1, -0.05) is 81.1 Å². The first-order chi connectivity index (χ1) is 15.6. The molecule has 1 fully saturated rings. The lowest BCUT2D eigenvalue weighted by atomic mass is 9.82. The zero-order chi connectivity index (χ0) is 22.8. The summed E-state index contributed by atoms with van der Waals surface area (Å²) in [5.41, 5.74) is 2.84. The molecule has 4 heteroatoms. The van der Waals surface area contributed by atoms with Crippen LogP contribution < -0.4 is 5.32 Å². The SMILES string of the molecule is CCCCNC(=O)C(C1CCCCC1)N(CCc1ccccc1)C(=O)c1ccccc1C. The van der Waals surface area contributed by atoms with E-state index in [1.165, 1.54) is 12.0 Å². The molecule has 0 bridgehead atoms. The normalized spacial score (nSPS) is 15.2. The summed E-state index contributed by atoms with van der Waals surface area (Å²) in [7, 11) is 0. The average molecular weight is 435 g/mol. The lowest BCUT2D eigenvalue weighted by molar-refractivity contribution is -0.128. The maximum absolute atomic E-state index is 13.9. The monoisotopic (exact) mass is 434 g/mol. The van der Waals surface area contributed by atoms with Gasteiger partial charge in [0.1, 0.15) is 6.04 Å². The Labute approximate surface area is 193 Å². The lowest BCUT2D eigenvalue weighted by Crippen LogP contribution is -2.54. The Bertz CT molecular complexity index is 859. The second kappa shape index (κ2) is 12.4. The highest BCUT2D eigenvalue weighted by Gasteiger charge is 2.37. The van der Waals surface area contributed by atoms with Gasteiger partial charge in [-0.3, -0.25) is 9.59 Å². The fourth-order valence-corrected chi connectivity index (χ4v) is 4.78. The van der Waals surface area contributed by atoms with E-state index in [1.807, 2.05) is 54.3 Å². The predicted molar refractivity (Wildman–Crippen MR) is 131 cm³/mol. The van der Waals surface area contributed by atoms with Crippen LogP contribution in [0.1, 0.15) is 73.4 Å². The van der Waals surface area contributed by atoms with Crippen LogP contribution in [0.2, 0.25) is 0 Å². The van der Waals surface area contributed by atoms with Gasteiger partial charge in [0.15, 0.2) is 0 Å². The molecule has 1 aliphatic rings. The molecule has 0 saturated heterocycles. The number of hydrogen-bond acceptors (Lipinski definition) is 2. The minimum Gasteiger partial charge on any atom is -0.354 e. The Morgan fingerprint density at radius 1 is 1.00 bits per heavy atom. The van der Waals surface area contributed by atoms with Crippen molar-refractivity contribution in [2.24, 2.45) is 5.92 Å². The molecule has 0 radical (unpaired) electrons. The van der Waals surface area contributed by atoms with Crippen LogP contribution in [0.25, 0.3) is 0 Å². The molecular formula is C28H38N2O2. The first-order valence-electron chi connectivity index (χ1n) is 12.3. The van der Waals surface area contributed by atoms with Crippen molar-refractivity contribution >= 4 is 11.8 Å². The highest BCUT2D eigenvalue weighted by atomic mass is 16.2. The number of nitrogens with zero attached hydrogens (tertiary/aromatic N) is 1. The number of carbonyl (C=O) groups excluding carboxylic acids is 2. The quantitative estimate of drug-likeness (QED) is 0.499. The Hall–Kier alpha value is -2.62. The summed E-state index contributed by atoms with van der Waals surface area (Å²) < 4.78 is 0. The minimum absolute atomic E-state index is 0.0142. The van der Waals surface area contributed by atoms with Crippen molar-refractivity contribution in [3.05, 3.63) is 71.3 Å². The van der Waals surface area contributed by atoms with Gasteiger partial charge >= 0.3 is 0 Å². The Morgan fingerprint density at radius 2 is 1.69 bits per heavy atom. The smallest absolute Gasteiger partial charge is 0.254 e. The molecule has 172 valence electrons. The first kappa shape index (κ1) is 24.0. The average Bonchev–Trinajstić information content (AvgIpc) is 2.83. The molecule has 2 amide bonds. The zero-order valence-electron chi connectivity index (χ0n) is 19.7. The van der Waals surface area contributed by atoms with Crippen molar-refractivity contribution in [3.63, 3.8) is 0 Å². The number of aryl methyl sites for hydroxylation is 1. The summed E-state index contributed by atoms with van der Waals surface area (Å²) in [6.07, 6.45) is 8.24. The Balaban J connectivity index is 1.92. The molecule has 0 aromatic heterocycles. The topological polar surface area (TPSA) is 49.4 Å². The van der Waals surface area contributed by atoms with Crippen LogP contribution in [0.4, 0.5) is 0 Å². The fraction of sp³-hybridized carbons (Fsp3) is 0.500. The minimum atomic E-state index is -0.414. The van der Waals surface area contributed by atoms with Gasteiger partial charge in [0, 0.05) is 18.7 Å². The van der Waals surface area contributed by atoms with E-state index in [2.05, 4.69) is 24.4 Å². The van der Waals surface area contributed by atoms with E-state index in [0.717, 1.165) is 50.5 Å². The molecule has 1 N–H and O–H groups in total. The second-order valence-corrected chi connectivity index (χ2v) is 9.04. The largest absolute Gasteiger partial charge is 0.354 e. The number of amides is 2. The highest BCUT2D eigenvalue weighted by Crippen LogP contribution is 2.30. The second-order valence-electron chi connectivity index (χ2n) is 9.04. The zero-order valence-corrected chi connectivity index (χ0v) is 19.7. The van der Waals surface area contributed by atoms with Crippen LogP contribution in [0, 0.1) is 12.8 Å². The van der Waals surface area contributed by atoms with Crippen molar-refractivity contribution in [1.29, 1.82) is 0 Å². The maximum Gasteiger partial charge on any atom is 0.254 e. The van der Waals surface area contributed by atoms with Crippen molar-refractivity contribution in [2.45, 2.75) is 71.3 Å². The number of rotatable bonds is 10. The molecular weight excluding hydrogens is 396 g/mol. The van der Waals surface area contributed by atoms with Crippen molar-refractivity contribution in [1.82, 2.24) is 10.2 Å². The van der Waals surface area contributed by atoms with E-state index >= 15 is 0 Å². The van der Waals surface area contributed by atoms with Crippen LogP contribution in [0.3, 0.4) is 0 Å². The van der Waals surface area contributed by atoms with Crippen LogP contribution in [-0.4, -0.2) is 35.8 Å². The van der Waals surface area contributed by atoms with E-state index in [0.29, 0.717) is 18.7 Å². The number of benzene rings is 2. The molecule has 4 nitrogen and oxygen atoms in total. The summed E-state index contributed by atoms with van der Waals surface area (Å²) in [5.74, 6) is 0.203. The summed E-state index contributed by atoms with van der Waals surface area (Å²) >= 11 is 0. The highest BCUT2D eigenvalue weighted by molar-refractivity contribution is 5.98. The standard InChI is InChI=1S/C28H38N2O2/c1-3-4-20-29-27(31)26(24-16-9-6-10-17-24)30(21-19-23-14-7-5-8-15-23)28(32)25-18-12-11-13-22(25)2/h5,7-8,11-15,18,24,26H,3-4,6,9-10,16-17,19-21H2,1-2H3,(H,29,31). The third kappa shape index (κ3) is 6.44. The Morgan fingerprint density at radius 3 is 2.38 bits per heavy atom. The van der Waals surface area contributed by atoms with Gasteiger partial charge in [-0.2, -0.15) is 0 Å². The molecule has 32 heavy (non-hydrogen) atoms. The van der Waals surface area contributed by atoms with Gasteiger partial charge in [-0.15, -0.1) is 0 Å². The third-order valence-electron chi connectivity index (χ3n) is 6.65. The molecule has 3 rings (SSSR count). The molecule has 1 unspecified atom stereocenters. The van der Waals surface area contributed by atoms with Crippen molar-refractivity contribution in [2.75, 3.05) is 13.1 Å².